The van der Waals surface area contributed by atoms with Crippen LogP contribution >= 0.6 is 15.9 Å². The number of nitrogens with one attached hydrogen (secondary N) is 1. The van der Waals surface area contributed by atoms with E-state index < -0.39 is 58.6 Å². The highest BCUT2D eigenvalue weighted by Crippen LogP contribution is 2.31. The zero-order chi connectivity index (χ0) is 37.5. The quantitative estimate of drug-likeness (QED) is 0.136. The third-order valence-electron chi connectivity index (χ3n) is 6.10. The lowest BCUT2D eigenvalue weighted by atomic mass is 10.2. The molecule has 21 heteroatoms. The van der Waals surface area contributed by atoms with Gasteiger partial charge in [0.15, 0.2) is 0 Å². The highest BCUT2D eigenvalue weighted by molar-refractivity contribution is 9.08. The molecule has 6 rings (SSSR count). The lowest BCUT2D eigenvalue weighted by Gasteiger charge is -2.07. The van der Waals surface area contributed by atoms with Crippen LogP contribution in [0.3, 0.4) is 0 Å². The minimum atomic E-state index is -4.80. The van der Waals surface area contributed by atoms with Gasteiger partial charge in [-0.25, -0.2) is 17.6 Å². The summed E-state index contributed by atoms with van der Waals surface area (Å²) in [6.07, 6.45) is -7.00. The molecule has 0 fully saturated rings. The molecule has 0 spiro atoms. The summed E-state index contributed by atoms with van der Waals surface area (Å²) in [6, 6.07) is 10.8. The Labute approximate surface area is 292 Å². The molecule has 52 heavy (non-hydrogen) atoms. The molecule has 0 saturated carbocycles. The summed E-state index contributed by atoms with van der Waals surface area (Å²) in [5.74, 6) is -5.94. The maximum Gasteiger partial charge on any atom is 0.470 e. The second-order valence-corrected chi connectivity index (χ2v) is 10.3. The van der Waals surface area contributed by atoms with E-state index in [0.29, 0.717) is 10.9 Å². The van der Waals surface area contributed by atoms with Gasteiger partial charge in [-0.1, -0.05) is 23.4 Å². The van der Waals surface area contributed by atoms with Gasteiger partial charge in [0.2, 0.25) is 17.3 Å². The first-order chi connectivity index (χ1) is 23.9. The van der Waals surface area contributed by atoms with Gasteiger partial charge in [0.05, 0.1) is 6.54 Å². The highest BCUT2D eigenvalue weighted by Gasteiger charge is 2.39. The number of pyridine rings is 2. The number of rotatable bonds is 5. The molecule has 4 heterocycles. The fourth-order valence-electron chi connectivity index (χ4n) is 3.75. The summed E-state index contributed by atoms with van der Waals surface area (Å²) in [4.78, 5) is 25.3. The number of H-pyrrole nitrogens is 1. The molecule has 0 atom stereocenters. The van der Waals surface area contributed by atoms with Crippen LogP contribution in [0, 0.1) is 23.3 Å². The number of alkyl halides is 7. The second kappa shape index (κ2) is 17.1. The van der Waals surface area contributed by atoms with Crippen LogP contribution in [0.5, 0.6) is 0 Å². The molecule has 0 aliphatic heterocycles. The van der Waals surface area contributed by atoms with Crippen molar-refractivity contribution in [3.63, 3.8) is 0 Å². The summed E-state index contributed by atoms with van der Waals surface area (Å²) in [5.41, 5.74) is -0.722. The Morgan fingerprint density at radius 3 is 1.62 bits per heavy atom. The number of benzene rings is 2. The Bertz CT molecular complexity index is 2230. The van der Waals surface area contributed by atoms with E-state index in [1.807, 2.05) is 0 Å². The van der Waals surface area contributed by atoms with E-state index in [0.717, 1.165) is 47.0 Å². The van der Waals surface area contributed by atoms with Gasteiger partial charge in [-0.2, -0.15) is 26.3 Å². The minimum absolute atomic E-state index is 0. The summed E-state index contributed by atoms with van der Waals surface area (Å²) in [7, 11) is 0. The molecule has 6 aromatic rings. The molecular weight excluding hydrogens is 790 g/mol. The normalized spacial score (nSPS) is 11.1. The molecule has 1 N–H and O–H groups in total. The van der Waals surface area contributed by atoms with Crippen LogP contribution in [0.15, 0.2) is 91.5 Å². The average molecular weight is 811 g/mol. The predicted molar refractivity (Wildman–Crippen MR) is 166 cm³/mol. The number of aromatic amines is 1. The Morgan fingerprint density at radius 1 is 0.673 bits per heavy atom. The van der Waals surface area contributed by atoms with E-state index in [1.54, 1.807) is 0 Å². The molecule has 0 aliphatic rings. The fourth-order valence-corrected chi connectivity index (χ4v) is 4.18. The molecule has 0 bridgehead atoms. The van der Waals surface area contributed by atoms with E-state index in [1.165, 1.54) is 30.6 Å². The van der Waals surface area contributed by atoms with Crippen molar-refractivity contribution in [2.24, 2.45) is 0 Å². The van der Waals surface area contributed by atoms with Crippen molar-refractivity contribution in [3.05, 3.63) is 140 Å². The lowest BCUT2D eigenvalue weighted by Crippen LogP contribution is -2.19. The highest BCUT2D eigenvalue weighted by atomic mass is 79.9. The predicted octanol–water partition coefficient (Wildman–Crippen LogP) is 8.18. The summed E-state index contributed by atoms with van der Waals surface area (Å²) >= 11 is 3.04. The zero-order valence-corrected chi connectivity index (χ0v) is 26.5. The molecule has 0 radical (unpaired) electrons. The topological polar surface area (TPSA) is 133 Å². The molecule has 0 saturated heterocycles. The first kappa shape index (κ1) is 40.8. The number of halogens is 11. The van der Waals surface area contributed by atoms with Crippen LogP contribution < -0.4 is 11.1 Å². The van der Waals surface area contributed by atoms with E-state index >= 15 is 0 Å². The summed E-state index contributed by atoms with van der Waals surface area (Å²) in [6.45, 7) is -0.250. The lowest BCUT2D eigenvalue weighted by molar-refractivity contribution is -0.157. The minimum Gasteiger partial charge on any atom is -0.413 e. The van der Waals surface area contributed by atoms with Gasteiger partial charge in [-0.15, -0.1) is 20.4 Å². The maximum atomic E-state index is 13.6. The Kier molecular flexibility index (Phi) is 13.4. The molecule has 10 nitrogen and oxygen atoms in total. The number of aromatic nitrogens is 6. The van der Waals surface area contributed by atoms with E-state index in [9.17, 15) is 53.5 Å². The van der Waals surface area contributed by atoms with Crippen LogP contribution in [0.4, 0.5) is 43.9 Å². The first-order valence-corrected chi connectivity index (χ1v) is 14.7. The van der Waals surface area contributed by atoms with Gasteiger partial charge < -0.3 is 18.4 Å². The third kappa shape index (κ3) is 10.9. The Hall–Kier alpha value is -5.60. The summed E-state index contributed by atoms with van der Waals surface area (Å²) in [5, 5.41) is 12.5. The largest absolute Gasteiger partial charge is 0.470 e. The van der Waals surface area contributed by atoms with Crippen molar-refractivity contribution < 1.29 is 52.7 Å². The van der Waals surface area contributed by atoms with Gasteiger partial charge in [0, 0.05) is 52.1 Å². The number of nitrogens with zero attached hydrogens (tertiary/aromatic N) is 5. The third-order valence-corrected chi connectivity index (χ3v) is 6.70. The van der Waals surface area contributed by atoms with E-state index in [4.69, 9.17) is 0 Å². The van der Waals surface area contributed by atoms with Crippen LogP contribution in [-0.4, -0.2) is 29.9 Å². The smallest absolute Gasteiger partial charge is 0.413 e. The molecule has 0 unspecified atom stereocenters. The van der Waals surface area contributed by atoms with Crippen molar-refractivity contribution in [2.75, 3.05) is 0 Å². The van der Waals surface area contributed by atoms with Crippen LogP contribution in [0.25, 0.3) is 22.9 Å². The van der Waals surface area contributed by atoms with E-state index in [2.05, 4.69) is 50.1 Å². The molecule has 0 amide bonds. The zero-order valence-electron chi connectivity index (χ0n) is 24.9. The van der Waals surface area contributed by atoms with Gasteiger partial charge in [0.1, 0.15) is 23.3 Å². The van der Waals surface area contributed by atoms with Crippen molar-refractivity contribution in [3.8, 4) is 22.9 Å². The Morgan fingerprint density at radius 2 is 1.17 bits per heavy atom. The second-order valence-electron chi connectivity index (χ2n) is 9.75. The van der Waals surface area contributed by atoms with Crippen molar-refractivity contribution in [2.45, 2.75) is 31.7 Å². The van der Waals surface area contributed by atoms with Crippen LogP contribution in [-0.2, 0) is 24.2 Å². The number of hydrogen-bond acceptors (Lipinski definition) is 8. The Balaban J connectivity index is 0.000000231. The van der Waals surface area contributed by atoms with Crippen molar-refractivity contribution in [1.82, 2.24) is 29.9 Å². The van der Waals surface area contributed by atoms with Gasteiger partial charge in [0.25, 0.3) is 5.56 Å². The summed E-state index contributed by atoms with van der Waals surface area (Å²) < 4.78 is 135. The van der Waals surface area contributed by atoms with Crippen molar-refractivity contribution >= 4 is 15.9 Å². The first-order valence-electron chi connectivity index (χ1n) is 13.6. The molecule has 4 aromatic heterocycles. The molecule has 0 aliphatic carbocycles. The fraction of sp³-hybridized carbons (Fsp3) is 0.161. The SMILES string of the molecule is C.Fc1ccc(F)c(CBr)c1.O=c1cc(-c2nnc(C(F)(F)F)o2)cc[nH]1.O=c1cc(-c2nnc(C(F)(F)F)o2)ccn1Cc1cc(F)ccc1F. The molecule has 2 aromatic carbocycles. The standard InChI is InChI=1S/C15H8F5N3O2.C8H4F3N3O2.C7H5BrF2.CH4/c16-10-1-2-11(17)9(5-10)7-23-4-3-8(6-12(23)24)13-21-22-14(25-13)15(18,19)20;9-8(10,11)7-14-13-6(16-7)4-1-2-12-5(15)3-4;8-4-5-3-6(9)1-2-7(5)10;/h1-6H,7H2;1-3H,(H,12,15);1-3H,4H2;1H4. The maximum absolute atomic E-state index is 13.6. The monoisotopic (exact) mass is 810 g/mol. The van der Waals surface area contributed by atoms with Gasteiger partial charge >= 0.3 is 24.1 Å². The van der Waals surface area contributed by atoms with Gasteiger partial charge in [-0.05, 0) is 48.5 Å². The molecule has 276 valence electrons. The molecular formula is C31H21BrF10N6O4. The van der Waals surface area contributed by atoms with Gasteiger partial charge in [-0.3, -0.25) is 9.59 Å². The van der Waals surface area contributed by atoms with Crippen LogP contribution in [0.1, 0.15) is 30.3 Å². The van der Waals surface area contributed by atoms with E-state index in [-0.39, 0.29) is 42.4 Å². The van der Waals surface area contributed by atoms with Crippen molar-refractivity contribution in [1.29, 1.82) is 0 Å². The average Bonchev–Trinajstić information content (AvgIpc) is 3.77. The van der Waals surface area contributed by atoms with Crippen LogP contribution in [0.2, 0.25) is 0 Å². The number of hydrogen-bond donors (Lipinski definition) is 1.